The molecule has 1 rings (SSSR count). The summed E-state index contributed by atoms with van der Waals surface area (Å²) in [5.74, 6) is 0. The predicted octanol–water partition coefficient (Wildman–Crippen LogP) is 2.40. The molecule has 0 fully saturated rings. The summed E-state index contributed by atoms with van der Waals surface area (Å²) in [4.78, 5) is 0. The molecule has 0 heterocycles. The molecule has 3 N–H and O–H groups in total. The van der Waals surface area contributed by atoms with Gasteiger partial charge in [0, 0.05) is 19.2 Å². The molecule has 0 saturated carbocycles. The van der Waals surface area contributed by atoms with Gasteiger partial charge in [-0.3, -0.25) is 0 Å². The molecule has 0 aliphatic carbocycles. The van der Waals surface area contributed by atoms with Gasteiger partial charge in [0.25, 0.3) is 0 Å². The molecule has 1 unspecified atom stereocenters. The minimum Gasteiger partial charge on any atom is -0.383 e. The third-order valence-electron chi connectivity index (χ3n) is 3.19. The van der Waals surface area contributed by atoms with Crippen molar-refractivity contribution in [3.8, 4) is 0 Å². The van der Waals surface area contributed by atoms with Gasteiger partial charge in [-0.2, -0.15) is 0 Å². The number of ether oxygens (including phenoxy) is 1. The van der Waals surface area contributed by atoms with Crippen LogP contribution in [0.1, 0.15) is 36.9 Å². The molecular formula is C15H26N2O. The normalized spacial score (nSPS) is 14.4. The zero-order valence-electron chi connectivity index (χ0n) is 11.8. The van der Waals surface area contributed by atoms with Crippen LogP contribution in [-0.2, 0) is 4.74 Å². The van der Waals surface area contributed by atoms with Crippen LogP contribution in [0.25, 0.3) is 0 Å². The van der Waals surface area contributed by atoms with E-state index in [4.69, 9.17) is 10.5 Å². The Bertz CT molecular complexity index is 324. The van der Waals surface area contributed by atoms with E-state index < -0.39 is 0 Å². The van der Waals surface area contributed by atoms with Crippen LogP contribution in [0.15, 0.2) is 24.3 Å². The van der Waals surface area contributed by atoms with E-state index in [2.05, 4.69) is 43.4 Å². The number of hydrogen-bond acceptors (Lipinski definition) is 3. The minimum atomic E-state index is 0.337. The molecule has 0 aromatic heterocycles. The van der Waals surface area contributed by atoms with E-state index >= 15 is 0 Å². The Morgan fingerprint density at radius 2 is 1.94 bits per heavy atom. The minimum absolute atomic E-state index is 0.337. The molecule has 3 nitrogen and oxygen atoms in total. The number of methoxy groups -OCH3 is 1. The largest absolute Gasteiger partial charge is 0.383 e. The van der Waals surface area contributed by atoms with E-state index in [9.17, 15) is 0 Å². The van der Waals surface area contributed by atoms with Crippen LogP contribution in [-0.4, -0.2) is 26.3 Å². The molecule has 1 aromatic carbocycles. The summed E-state index contributed by atoms with van der Waals surface area (Å²) in [5.41, 5.74) is 8.17. The van der Waals surface area contributed by atoms with Gasteiger partial charge < -0.3 is 15.8 Å². The van der Waals surface area contributed by atoms with Crippen LogP contribution in [0.4, 0.5) is 0 Å². The van der Waals surface area contributed by atoms with Gasteiger partial charge in [0.1, 0.15) is 0 Å². The lowest BCUT2D eigenvalue weighted by Crippen LogP contribution is -2.35. The van der Waals surface area contributed by atoms with Crippen LogP contribution in [0.5, 0.6) is 0 Å². The van der Waals surface area contributed by atoms with Crippen LogP contribution in [0.2, 0.25) is 0 Å². The lowest BCUT2D eigenvalue weighted by molar-refractivity contribution is 0.156. The highest BCUT2D eigenvalue weighted by atomic mass is 16.5. The highest BCUT2D eigenvalue weighted by Crippen LogP contribution is 2.14. The third kappa shape index (κ3) is 5.17. The summed E-state index contributed by atoms with van der Waals surface area (Å²) in [6.45, 7) is 5.77. The highest BCUT2D eigenvalue weighted by Gasteiger charge is 2.12. The van der Waals surface area contributed by atoms with Crippen molar-refractivity contribution in [3.05, 3.63) is 35.4 Å². The SMILES string of the molecule is COCC(CCCN)N[C@H](C)c1ccc(C)cc1. The molecule has 102 valence electrons. The number of benzene rings is 1. The summed E-state index contributed by atoms with van der Waals surface area (Å²) >= 11 is 0. The molecule has 0 saturated heterocycles. The zero-order chi connectivity index (χ0) is 13.4. The van der Waals surface area contributed by atoms with E-state index in [1.54, 1.807) is 7.11 Å². The van der Waals surface area contributed by atoms with E-state index in [0.29, 0.717) is 12.1 Å². The Balaban J connectivity index is 2.53. The van der Waals surface area contributed by atoms with Crippen molar-refractivity contribution < 1.29 is 4.74 Å². The average Bonchev–Trinajstić information content (AvgIpc) is 2.37. The van der Waals surface area contributed by atoms with Crippen molar-refractivity contribution in [1.29, 1.82) is 0 Å². The first-order valence-corrected chi connectivity index (χ1v) is 6.69. The Hall–Kier alpha value is -0.900. The Kier molecular flexibility index (Phi) is 6.94. The van der Waals surface area contributed by atoms with Gasteiger partial charge in [0.2, 0.25) is 0 Å². The lowest BCUT2D eigenvalue weighted by Gasteiger charge is -2.23. The Labute approximate surface area is 111 Å². The van der Waals surface area contributed by atoms with E-state index in [-0.39, 0.29) is 0 Å². The quantitative estimate of drug-likeness (QED) is 0.745. The maximum absolute atomic E-state index is 5.56. The van der Waals surface area contributed by atoms with Gasteiger partial charge in [0.05, 0.1) is 6.61 Å². The highest BCUT2D eigenvalue weighted by molar-refractivity contribution is 5.23. The first kappa shape index (κ1) is 15.2. The van der Waals surface area contributed by atoms with Crippen LogP contribution >= 0.6 is 0 Å². The molecule has 3 heteroatoms. The molecule has 0 aliphatic heterocycles. The molecule has 0 spiro atoms. The maximum atomic E-state index is 5.56. The van der Waals surface area contributed by atoms with E-state index in [1.807, 2.05) is 0 Å². The summed E-state index contributed by atoms with van der Waals surface area (Å²) < 4.78 is 5.25. The van der Waals surface area contributed by atoms with Crippen LogP contribution < -0.4 is 11.1 Å². The molecule has 0 radical (unpaired) electrons. The molecule has 1 aromatic rings. The molecule has 2 atom stereocenters. The first-order valence-electron chi connectivity index (χ1n) is 6.69. The molecule has 0 amide bonds. The lowest BCUT2D eigenvalue weighted by atomic mass is 10.0. The van der Waals surface area contributed by atoms with Crippen LogP contribution in [0, 0.1) is 6.92 Å². The summed E-state index contributed by atoms with van der Waals surface area (Å²) in [5, 5.41) is 3.61. The average molecular weight is 250 g/mol. The first-order chi connectivity index (χ1) is 8.67. The second-order valence-electron chi connectivity index (χ2n) is 4.88. The second-order valence-corrected chi connectivity index (χ2v) is 4.88. The maximum Gasteiger partial charge on any atom is 0.0616 e. The Morgan fingerprint density at radius 3 is 2.50 bits per heavy atom. The van der Waals surface area contributed by atoms with Crippen molar-refractivity contribution in [2.45, 2.75) is 38.8 Å². The predicted molar refractivity (Wildman–Crippen MR) is 76.7 cm³/mol. The smallest absolute Gasteiger partial charge is 0.0616 e. The molecule has 0 bridgehead atoms. The fraction of sp³-hybridized carbons (Fsp3) is 0.600. The monoisotopic (exact) mass is 250 g/mol. The molecule has 0 aliphatic rings. The van der Waals surface area contributed by atoms with E-state index in [1.165, 1.54) is 11.1 Å². The van der Waals surface area contributed by atoms with E-state index in [0.717, 1.165) is 26.0 Å². The molecular weight excluding hydrogens is 224 g/mol. The van der Waals surface area contributed by atoms with Gasteiger partial charge in [-0.1, -0.05) is 29.8 Å². The third-order valence-corrected chi connectivity index (χ3v) is 3.19. The number of rotatable bonds is 8. The topological polar surface area (TPSA) is 47.3 Å². The number of nitrogens with one attached hydrogen (secondary N) is 1. The summed E-state index contributed by atoms with van der Waals surface area (Å²) in [7, 11) is 1.74. The van der Waals surface area contributed by atoms with Crippen LogP contribution in [0.3, 0.4) is 0 Å². The van der Waals surface area contributed by atoms with Gasteiger partial charge in [0.15, 0.2) is 0 Å². The van der Waals surface area contributed by atoms with Crippen molar-refractivity contribution in [1.82, 2.24) is 5.32 Å². The number of aryl methyl sites for hydroxylation is 1. The molecule has 18 heavy (non-hydrogen) atoms. The summed E-state index contributed by atoms with van der Waals surface area (Å²) in [6.07, 6.45) is 2.09. The van der Waals surface area contributed by atoms with Crippen molar-refractivity contribution in [2.75, 3.05) is 20.3 Å². The van der Waals surface area contributed by atoms with Crippen molar-refractivity contribution in [3.63, 3.8) is 0 Å². The fourth-order valence-corrected chi connectivity index (χ4v) is 2.09. The van der Waals surface area contributed by atoms with Crippen molar-refractivity contribution in [2.24, 2.45) is 5.73 Å². The number of nitrogens with two attached hydrogens (primary N) is 1. The Morgan fingerprint density at radius 1 is 1.28 bits per heavy atom. The van der Waals surface area contributed by atoms with Gasteiger partial charge in [-0.05, 0) is 38.8 Å². The van der Waals surface area contributed by atoms with Crippen molar-refractivity contribution >= 4 is 0 Å². The van der Waals surface area contributed by atoms with Gasteiger partial charge in [-0.25, -0.2) is 0 Å². The number of hydrogen-bond donors (Lipinski definition) is 2. The standard InChI is InChI=1S/C15H26N2O/c1-12-6-8-14(9-7-12)13(2)17-15(11-18-3)5-4-10-16/h6-9,13,15,17H,4-5,10-11,16H2,1-3H3/t13-,15?/m1/s1. The summed E-state index contributed by atoms with van der Waals surface area (Å²) in [6, 6.07) is 9.37. The fourth-order valence-electron chi connectivity index (χ4n) is 2.09. The van der Waals surface area contributed by atoms with Gasteiger partial charge in [-0.15, -0.1) is 0 Å². The zero-order valence-corrected chi connectivity index (χ0v) is 11.8. The second kappa shape index (κ2) is 8.25. The van der Waals surface area contributed by atoms with Gasteiger partial charge >= 0.3 is 0 Å².